The third-order valence-corrected chi connectivity index (χ3v) is 7.17. The van der Waals surface area contributed by atoms with Crippen LogP contribution in [0.1, 0.15) is 63.9 Å². The van der Waals surface area contributed by atoms with E-state index in [9.17, 15) is 14.7 Å². The minimum Gasteiger partial charge on any atom is -0.490 e. The second-order valence-electron chi connectivity index (χ2n) is 10.5. The summed E-state index contributed by atoms with van der Waals surface area (Å²) in [6.07, 6.45) is 3.58. The summed E-state index contributed by atoms with van der Waals surface area (Å²) in [6, 6.07) is 5.62. The number of aryl methyl sites for hydroxylation is 1. The third kappa shape index (κ3) is 6.15. The van der Waals surface area contributed by atoms with Crippen LogP contribution in [0.5, 0.6) is 5.75 Å². The van der Waals surface area contributed by atoms with Crippen LogP contribution in [0.25, 0.3) is 10.9 Å². The lowest BCUT2D eigenvalue weighted by Gasteiger charge is -2.38. The van der Waals surface area contributed by atoms with Crippen molar-refractivity contribution in [1.29, 1.82) is 0 Å². The van der Waals surface area contributed by atoms with E-state index in [1.165, 1.54) is 0 Å². The predicted octanol–water partition coefficient (Wildman–Crippen LogP) is 4.81. The van der Waals surface area contributed by atoms with Crippen molar-refractivity contribution in [3.63, 3.8) is 0 Å². The van der Waals surface area contributed by atoms with Crippen LogP contribution in [0.3, 0.4) is 0 Å². The molecule has 0 bridgehead atoms. The zero-order chi connectivity index (χ0) is 26.5. The number of amides is 1. The Labute approximate surface area is 218 Å². The molecule has 1 atom stereocenters. The number of ether oxygens (including phenoxy) is 2. The van der Waals surface area contributed by atoms with Crippen molar-refractivity contribution >= 4 is 34.4 Å². The van der Waals surface area contributed by atoms with Gasteiger partial charge >= 0.3 is 5.97 Å². The molecule has 1 saturated heterocycles. The van der Waals surface area contributed by atoms with Gasteiger partial charge in [0.25, 0.3) is 5.91 Å². The number of rotatable bonds is 12. The van der Waals surface area contributed by atoms with Crippen molar-refractivity contribution in [3.8, 4) is 5.75 Å². The summed E-state index contributed by atoms with van der Waals surface area (Å²) in [5, 5.41) is 14.1. The summed E-state index contributed by atoms with van der Waals surface area (Å²) < 4.78 is 13.3. The summed E-state index contributed by atoms with van der Waals surface area (Å²) in [5.74, 6) is -0.513. The van der Waals surface area contributed by atoms with Gasteiger partial charge in [-0.05, 0) is 66.0 Å². The first-order valence-corrected chi connectivity index (χ1v) is 13.2. The van der Waals surface area contributed by atoms with E-state index in [0.717, 1.165) is 49.7 Å². The van der Waals surface area contributed by atoms with Crippen LogP contribution in [0.2, 0.25) is 5.02 Å². The zero-order valence-electron chi connectivity index (χ0n) is 22.1. The molecule has 1 aliphatic rings. The lowest BCUT2D eigenvalue weighted by atomic mass is 9.95. The number of carbonyl (C=O) groups excluding carboxylic acids is 1. The van der Waals surface area contributed by atoms with Gasteiger partial charge in [0.15, 0.2) is 0 Å². The van der Waals surface area contributed by atoms with Crippen LogP contribution in [0.4, 0.5) is 0 Å². The molecule has 0 spiro atoms. The fraction of sp³-hybridized carbons (Fsp3) is 0.630. The van der Waals surface area contributed by atoms with Crippen LogP contribution < -0.4 is 10.1 Å². The number of methoxy groups -OCH3 is 1. The number of aliphatic carboxylic acids is 1. The number of carboxylic acids is 1. The molecule has 9 heteroatoms. The maximum absolute atomic E-state index is 14.2. The highest BCUT2D eigenvalue weighted by atomic mass is 35.5. The molecule has 1 aromatic heterocycles. The number of unbranched alkanes of at least 4 members (excludes halogenated alkanes) is 1. The molecule has 2 heterocycles. The highest BCUT2D eigenvalue weighted by molar-refractivity contribution is 6.39. The van der Waals surface area contributed by atoms with Crippen LogP contribution in [-0.4, -0.2) is 71.9 Å². The first-order valence-electron chi connectivity index (χ1n) is 12.8. The topological polar surface area (TPSA) is 93.0 Å². The van der Waals surface area contributed by atoms with Gasteiger partial charge < -0.3 is 29.4 Å². The predicted molar refractivity (Wildman–Crippen MR) is 142 cm³/mol. The van der Waals surface area contributed by atoms with E-state index >= 15 is 0 Å². The van der Waals surface area contributed by atoms with Crippen molar-refractivity contribution in [2.45, 2.75) is 72.0 Å². The zero-order valence-corrected chi connectivity index (χ0v) is 22.9. The molecular formula is C27H40ClN3O5. The molecule has 1 aromatic carbocycles. The van der Waals surface area contributed by atoms with Crippen LogP contribution in [-0.2, 0) is 16.1 Å². The number of halogens is 1. The molecule has 36 heavy (non-hydrogen) atoms. The molecule has 0 saturated carbocycles. The minimum absolute atomic E-state index is 0.00510. The van der Waals surface area contributed by atoms with Gasteiger partial charge in [-0.3, -0.25) is 9.59 Å². The molecule has 1 aliphatic heterocycles. The van der Waals surface area contributed by atoms with Crippen molar-refractivity contribution in [3.05, 3.63) is 28.9 Å². The summed E-state index contributed by atoms with van der Waals surface area (Å²) in [6.45, 7) is 10.2. The number of nitrogens with one attached hydrogen (secondary N) is 1. The monoisotopic (exact) mass is 521 g/mol. The van der Waals surface area contributed by atoms with Gasteiger partial charge in [-0.1, -0.05) is 23.7 Å². The lowest BCUT2D eigenvalue weighted by molar-refractivity contribution is -0.148. The highest BCUT2D eigenvalue weighted by Crippen LogP contribution is 2.38. The van der Waals surface area contributed by atoms with Gasteiger partial charge in [-0.15, -0.1) is 0 Å². The Morgan fingerprint density at radius 3 is 2.67 bits per heavy atom. The molecule has 200 valence electrons. The Kier molecular flexibility index (Phi) is 9.66. The Balaban J connectivity index is 2.09. The molecule has 3 rings (SSSR count). The quantitative estimate of drug-likeness (QED) is 0.389. The number of piperidine rings is 1. The van der Waals surface area contributed by atoms with Gasteiger partial charge in [0.2, 0.25) is 0 Å². The normalized spacial score (nSPS) is 16.5. The molecule has 0 aliphatic carbocycles. The van der Waals surface area contributed by atoms with E-state index in [4.69, 9.17) is 21.1 Å². The standard InChI is InChI=1S/C27H40ClN3O5/c1-18(2)31(19-10-9-13-29-16-19)25(32)24-22(28)20-11-8-12-21(36-17-27(3,4)26(33)34)23(20)30(24)14-6-7-15-35-5/h8,11-12,18-19,29H,6-7,9-10,13-17H2,1-5H3,(H,33,34)/t19-/m1/s1. The van der Waals surface area contributed by atoms with E-state index in [2.05, 4.69) is 5.32 Å². The van der Waals surface area contributed by atoms with Crippen LogP contribution in [0.15, 0.2) is 18.2 Å². The average molecular weight is 522 g/mol. The van der Waals surface area contributed by atoms with Crippen molar-refractivity contribution in [2.24, 2.45) is 5.41 Å². The summed E-state index contributed by atoms with van der Waals surface area (Å²) in [5.41, 5.74) is 0.106. The second kappa shape index (κ2) is 12.3. The number of fused-ring (bicyclic) bond motifs is 1. The van der Waals surface area contributed by atoms with Crippen molar-refractivity contribution in [2.75, 3.05) is 33.4 Å². The fourth-order valence-corrected chi connectivity index (χ4v) is 5.07. The molecule has 0 radical (unpaired) electrons. The SMILES string of the molecule is COCCCCn1c(C(=O)N(C(C)C)[C@@H]2CCCNC2)c(Cl)c2cccc(OCC(C)(C)C(=O)O)c21. The van der Waals surface area contributed by atoms with Gasteiger partial charge in [0.1, 0.15) is 18.1 Å². The van der Waals surface area contributed by atoms with E-state index < -0.39 is 11.4 Å². The molecule has 2 aromatic rings. The lowest BCUT2D eigenvalue weighted by Crippen LogP contribution is -2.52. The van der Waals surface area contributed by atoms with E-state index in [1.807, 2.05) is 41.5 Å². The maximum atomic E-state index is 14.2. The molecule has 8 nitrogen and oxygen atoms in total. The summed E-state index contributed by atoms with van der Waals surface area (Å²) in [7, 11) is 1.67. The summed E-state index contributed by atoms with van der Waals surface area (Å²) in [4.78, 5) is 27.7. The smallest absolute Gasteiger partial charge is 0.312 e. The Bertz CT molecular complexity index is 1060. The number of carboxylic acid groups (broad SMARTS) is 1. The molecule has 0 unspecified atom stereocenters. The van der Waals surface area contributed by atoms with Crippen LogP contribution >= 0.6 is 11.6 Å². The first kappa shape index (κ1) is 28.3. The number of benzene rings is 1. The van der Waals surface area contributed by atoms with E-state index in [1.54, 1.807) is 21.0 Å². The van der Waals surface area contributed by atoms with Crippen molar-refractivity contribution in [1.82, 2.24) is 14.8 Å². The number of hydrogen-bond donors (Lipinski definition) is 2. The van der Waals surface area contributed by atoms with Crippen LogP contribution in [0, 0.1) is 5.41 Å². The third-order valence-electron chi connectivity index (χ3n) is 6.79. The Morgan fingerprint density at radius 1 is 1.31 bits per heavy atom. The van der Waals surface area contributed by atoms with Crippen molar-refractivity contribution < 1.29 is 24.2 Å². The largest absolute Gasteiger partial charge is 0.490 e. The number of carbonyl (C=O) groups is 2. The highest BCUT2D eigenvalue weighted by Gasteiger charge is 2.34. The molecule has 2 N–H and O–H groups in total. The molecular weight excluding hydrogens is 482 g/mol. The van der Waals surface area contributed by atoms with Gasteiger partial charge in [0.05, 0.1) is 16.0 Å². The Morgan fingerprint density at radius 2 is 2.06 bits per heavy atom. The number of hydrogen-bond acceptors (Lipinski definition) is 5. The Hall–Kier alpha value is -2.29. The number of para-hydroxylation sites is 1. The maximum Gasteiger partial charge on any atom is 0.312 e. The van der Waals surface area contributed by atoms with E-state index in [0.29, 0.717) is 29.6 Å². The minimum atomic E-state index is -1.07. The second-order valence-corrected chi connectivity index (χ2v) is 10.8. The summed E-state index contributed by atoms with van der Waals surface area (Å²) >= 11 is 6.94. The molecule has 1 amide bonds. The number of aromatic nitrogens is 1. The van der Waals surface area contributed by atoms with Gasteiger partial charge in [-0.2, -0.15) is 0 Å². The average Bonchev–Trinajstić information content (AvgIpc) is 3.13. The van der Waals surface area contributed by atoms with E-state index in [-0.39, 0.29) is 24.6 Å². The molecule has 1 fully saturated rings. The number of nitrogens with zero attached hydrogens (tertiary/aromatic N) is 2. The first-order chi connectivity index (χ1) is 17.1. The van der Waals surface area contributed by atoms with Gasteiger partial charge in [-0.25, -0.2) is 0 Å². The fourth-order valence-electron chi connectivity index (χ4n) is 4.74. The van der Waals surface area contributed by atoms with Gasteiger partial charge in [0, 0.05) is 44.3 Å².